The first kappa shape index (κ1) is 25.9. The number of amides is 1. The molecular formula is C28H31ClFN3O3. The lowest BCUT2D eigenvalue weighted by molar-refractivity contribution is 0.123. The lowest BCUT2D eigenvalue weighted by Crippen LogP contribution is -2.31. The van der Waals surface area contributed by atoms with Crippen LogP contribution >= 0.6 is 12.4 Å². The van der Waals surface area contributed by atoms with Crippen molar-refractivity contribution in [1.82, 2.24) is 15.6 Å². The molecule has 0 radical (unpaired) electrons. The highest BCUT2D eigenvalue weighted by Gasteiger charge is 2.55. The minimum atomic E-state index is -0.499. The highest BCUT2D eigenvalue weighted by Crippen LogP contribution is 2.45. The Hall–Kier alpha value is -3.16. The fourth-order valence-electron chi connectivity index (χ4n) is 4.55. The number of rotatable bonds is 8. The molecular weight excluding hydrogens is 481 g/mol. The van der Waals surface area contributed by atoms with Gasteiger partial charge in [-0.3, -0.25) is 0 Å². The number of nitrogens with zero attached hydrogens (tertiary/aromatic N) is 1. The molecule has 2 heterocycles. The molecule has 0 bridgehead atoms. The van der Waals surface area contributed by atoms with Crippen molar-refractivity contribution in [1.29, 1.82) is 0 Å². The van der Waals surface area contributed by atoms with Crippen LogP contribution in [0.25, 0.3) is 11.3 Å². The van der Waals surface area contributed by atoms with Gasteiger partial charge < -0.3 is 20.1 Å². The molecule has 2 aliphatic rings. The standard InChI is InChI=1S/C28H30FN3O3.ClH/c1-28(2,17-34-27(33)31-14-18-6-4-3-5-7-18)20-12-24(19-8-10-21(29)11-9-19)32-25(13-20)35-26-22-15-30-16-23(22)26;/h3-13,22-23,26,30H,14-17H2,1-2H3,(H,31,33);1H. The number of hydrogen-bond acceptors (Lipinski definition) is 5. The quantitative estimate of drug-likeness (QED) is 0.439. The molecule has 3 aromatic rings. The van der Waals surface area contributed by atoms with Crippen molar-refractivity contribution in [2.45, 2.75) is 31.9 Å². The van der Waals surface area contributed by atoms with Crippen LogP contribution < -0.4 is 15.4 Å². The van der Waals surface area contributed by atoms with Gasteiger partial charge in [-0.2, -0.15) is 0 Å². The smallest absolute Gasteiger partial charge is 0.407 e. The summed E-state index contributed by atoms with van der Waals surface area (Å²) in [6.07, 6.45) is -0.298. The summed E-state index contributed by atoms with van der Waals surface area (Å²) in [5, 5.41) is 6.17. The van der Waals surface area contributed by atoms with E-state index in [1.807, 2.05) is 56.3 Å². The molecule has 6 nitrogen and oxygen atoms in total. The van der Waals surface area contributed by atoms with Crippen molar-refractivity contribution in [2.24, 2.45) is 11.8 Å². The van der Waals surface area contributed by atoms with E-state index < -0.39 is 11.5 Å². The fourth-order valence-corrected chi connectivity index (χ4v) is 4.55. The van der Waals surface area contributed by atoms with Crippen LogP contribution in [0.5, 0.6) is 5.88 Å². The number of alkyl carbamates (subject to hydrolysis) is 1. The molecule has 1 aromatic heterocycles. The molecule has 1 aliphatic carbocycles. The van der Waals surface area contributed by atoms with Crippen molar-refractivity contribution in [3.63, 3.8) is 0 Å². The molecule has 2 N–H and O–H groups in total. The summed E-state index contributed by atoms with van der Waals surface area (Å²) in [4.78, 5) is 17.1. The van der Waals surface area contributed by atoms with Gasteiger partial charge in [0.1, 0.15) is 18.5 Å². The van der Waals surface area contributed by atoms with Gasteiger partial charge in [-0.05, 0) is 41.5 Å². The maximum atomic E-state index is 13.5. The number of piperidine rings is 1. The van der Waals surface area contributed by atoms with Gasteiger partial charge in [0, 0.05) is 48.5 Å². The third-order valence-electron chi connectivity index (χ3n) is 6.84. The molecule has 1 amide bonds. The Morgan fingerprint density at radius 2 is 1.78 bits per heavy atom. The number of carbonyl (C=O) groups excluding carboxylic acids is 1. The normalized spacial score (nSPS) is 20.1. The van der Waals surface area contributed by atoms with Crippen LogP contribution in [0.2, 0.25) is 0 Å². The molecule has 1 aliphatic heterocycles. The van der Waals surface area contributed by atoms with Gasteiger partial charge in [-0.15, -0.1) is 12.4 Å². The summed E-state index contributed by atoms with van der Waals surface area (Å²) < 4.78 is 25.4. The largest absolute Gasteiger partial charge is 0.474 e. The predicted octanol–water partition coefficient (Wildman–Crippen LogP) is 5.11. The fraction of sp³-hybridized carbons (Fsp3) is 0.357. The Balaban J connectivity index is 0.00000304. The molecule has 36 heavy (non-hydrogen) atoms. The van der Waals surface area contributed by atoms with Crippen LogP contribution in [0.1, 0.15) is 25.0 Å². The second-order valence-corrected chi connectivity index (χ2v) is 9.95. The average molecular weight is 512 g/mol. The maximum absolute atomic E-state index is 13.5. The Morgan fingerprint density at radius 1 is 1.08 bits per heavy atom. The van der Waals surface area contributed by atoms with Crippen molar-refractivity contribution in [3.8, 4) is 17.1 Å². The highest BCUT2D eigenvalue weighted by molar-refractivity contribution is 5.85. The Morgan fingerprint density at radius 3 is 2.47 bits per heavy atom. The first-order chi connectivity index (χ1) is 16.9. The number of ether oxygens (including phenoxy) is 2. The third-order valence-corrected chi connectivity index (χ3v) is 6.84. The van der Waals surface area contributed by atoms with E-state index in [1.54, 1.807) is 12.1 Å². The summed E-state index contributed by atoms with van der Waals surface area (Å²) in [6.45, 7) is 6.55. The number of pyridine rings is 1. The lowest BCUT2D eigenvalue weighted by atomic mass is 9.85. The number of fused-ring (bicyclic) bond motifs is 1. The highest BCUT2D eigenvalue weighted by atomic mass is 35.5. The second-order valence-electron chi connectivity index (χ2n) is 9.95. The zero-order valence-electron chi connectivity index (χ0n) is 20.4. The van der Waals surface area contributed by atoms with E-state index in [1.165, 1.54) is 12.1 Å². The van der Waals surface area contributed by atoms with Gasteiger partial charge in [0.2, 0.25) is 5.88 Å². The van der Waals surface area contributed by atoms with Gasteiger partial charge >= 0.3 is 6.09 Å². The van der Waals surface area contributed by atoms with Crippen LogP contribution in [-0.2, 0) is 16.7 Å². The van der Waals surface area contributed by atoms with Crippen molar-refractivity contribution >= 4 is 18.5 Å². The topological polar surface area (TPSA) is 72.5 Å². The van der Waals surface area contributed by atoms with Gasteiger partial charge in [0.05, 0.1) is 5.69 Å². The molecule has 1 saturated carbocycles. The zero-order chi connectivity index (χ0) is 24.4. The van der Waals surface area contributed by atoms with E-state index in [0.717, 1.165) is 29.8 Å². The van der Waals surface area contributed by atoms with Crippen molar-refractivity contribution < 1.29 is 18.7 Å². The Labute approximate surface area is 217 Å². The minimum absolute atomic E-state index is 0. The molecule has 2 fully saturated rings. The third kappa shape index (κ3) is 5.97. The lowest BCUT2D eigenvalue weighted by Gasteiger charge is -2.26. The summed E-state index contributed by atoms with van der Waals surface area (Å²) in [5.74, 6) is 1.30. The number of aromatic nitrogens is 1. The minimum Gasteiger partial charge on any atom is -0.474 e. The molecule has 2 unspecified atom stereocenters. The van der Waals surface area contributed by atoms with Crippen LogP contribution in [0.15, 0.2) is 66.7 Å². The van der Waals surface area contributed by atoms with E-state index in [0.29, 0.717) is 30.0 Å². The molecule has 2 aromatic carbocycles. The van der Waals surface area contributed by atoms with Crippen molar-refractivity contribution in [2.75, 3.05) is 19.7 Å². The van der Waals surface area contributed by atoms with E-state index >= 15 is 0 Å². The Bertz CT molecular complexity index is 1180. The molecule has 8 heteroatoms. The van der Waals surface area contributed by atoms with Crippen molar-refractivity contribution in [3.05, 3.63) is 83.7 Å². The van der Waals surface area contributed by atoms with Gasteiger partial charge in [-0.1, -0.05) is 44.2 Å². The molecule has 1 saturated heterocycles. The molecule has 0 spiro atoms. The maximum Gasteiger partial charge on any atom is 0.407 e. The van der Waals surface area contributed by atoms with Crippen LogP contribution in [0.3, 0.4) is 0 Å². The first-order valence-electron chi connectivity index (χ1n) is 12.0. The summed E-state index contributed by atoms with van der Waals surface area (Å²) >= 11 is 0. The Kier molecular flexibility index (Phi) is 7.81. The number of benzene rings is 2. The first-order valence-corrected chi connectivity index (χ1v) is 12.0. The monoisotopic (exact) mass is 511 g/mol. The number of halogens is 2. The van der Waals surface area contributed by atoms with E-state index in [9.17, 15) is 9.18 Å². The van der Waals surface area contributed by atoms with Gasteiger partial charge in [-0.25, -0.2) is 14.2 Å². The molecule has 190 valence electrons. The van der Waals surface area contributed by atoms with Crippen LogP contribution in [-0.4, -0.2) is 36.9 Å². The van der Waals surface area contributed by atoms with E-state index in [4.69, 9.17) is 14.5 Å². The zero-order valence-corrected chi connectivity index (χ0v) is 21.2. The van der Waals surface area contributed by atoms with Crippen LogP contribution in [0, 0.1) is 17.7 Å². The average Bonchev–Trinajstić information content (AvgIpc) is 3.26. The van der Waals surface area contributed by atoms with Crippen LogP contribution in [0.4, 0.5) is 9.18 Å². The van der Waals surface area contributed by atoms with E-state index in [2.05, 4.69) is 10.6 Å². The number of hydrogen-bond donors (Lipinski definition) is 2. The summed E-state index contributed by atoms with van der Waals surface area (Å²) in [5.41, 5.74) is 2.93. The predicted molar refractivity (Wildman–Crippen MR) is 139 cm³/mol. The SMILES string of the molecule is CC(C)(COC(=O)NCc1ccccc1)c1cc(OC2C3CNCC32)nc(-c2ccc(F)cc2)c1.Cl. The second kappa shape index (κ2) is 10.8. The molecule has 5 rings (SSSR count). The van der Waals surface area contributed by atoms with E-state index in [-0.39, 0.29) is 30.9 Å². The summed E-state index contributed by atoms with van der Waals surface area (Å²) in [7, 11) is 0. The number of carbonyl (C=O) groups is 1. The van der Waals surface area contributed by atoms with Gasteiger partial charge in [0.25, 0.3) is 0 Å². The summed E-state index contributed by atoms with van der Waals surface area (Å²) in [6, 6.07) is 19.8. The number of nitrogens with one attached hydrogen (secondary N) is 2. The molecule has 2 atom stereocenters. The van der Waals surface area contributed by atoms with Gasteiger partial charge in [0.15, 0.2) is 0 Å².